The number of carbonyl (C=O) groups excluding carboxylic acids is 2. The van der Waals surface area contributed by atoms with Crippen molar-refractivity contribution in [3.8, 4) is 0 Å². The third kappa shape index (κ3) is 5.99. The molecule has 0 unspecified atom stereocenters. The second kappa shape index (κ2) is 10.2. The van der Waals surface area contributed by atoms with Gasteiger partial charge in [-0.25, -0.2) is 17.6 Å². The van der Waals surface area contributed by atoms with Gasteiger partial charge in [0.1, 0.15) is 5.82 Å². The maximum atomic E-state index is 14.1. The summed E-state index contributed by atoms with van der Waals surface area (Å²) in [7, 11) is -3.85. The van der Waals surface area contributed by atoms with Crippen molar-refractivity contribution in [2.75, 3.05) is 19.7 Å². The predicted octanol–water partition coefficient (Wildman–Crippen LogP) is 2.71. The fourth-order valence-corrected chi connectivity index (χ4v) is 4.90. The highest BCUT2D eigenvalue weighted by Gasteiger charge is 2.25. The van der Waals surface area contributed by atoms with E-state index in [1.165, 1.54) is 4.31 Å². The molecule has 0 heterocycles. The summed E-state index contributed by atoms with van der Waals surface area (Å²) in [6, 6.07) is 3.02. The van der Waals surface area contributed by atoms with Gasteiger partial charge in [-0.05, 0) is 49.8 Å². The molecule has 0 aromatic heterocycles. The van der Waals surface area contributed by atoms with Crippen LogP contribution in [-0.4, -0.2) is 50.3 Å². The zero-order chi connectivity index (χ0) is 21.6. The van der Waals surface area contributed by atoms with Crippen LogP contribution in [0.2, 0.25) is 0 Å². The van der Waals surface area contributed by atoms with Gasteiger partial charge in [0.05, 0.1) is 10.5 Å². The Morgan fingerprint density at radius 2 is 1.79 bits per heavy atom. The lowest BCUT2D eigenvalue weighted by Crippen LogP contribution is -2.39. The van der Waals surface area contributed by atoms with Crippen molar-refractivity contribution in [2.24, 2.45) is 5.92 Å². The third-order valence-electron chi connectivity index (χ3n) is 5.22. The Labute approximate surface area is 171 Å². The minimum Gasteiger partial charge on any atom is -0.452 e. The van der Waals surface area contributed by atoms with Crippen molar-refractivity contribution in [1.29, 1.82) is 0 Å². The Bertz CT molecular complexity index is 831. The largest absolute Gasteiger partial charge is 0.452 e. The van der Waals surface area contributed by atoms with Crippen LogP contribution in [0, 0.1) is 11.7 Å². The molecule has 0 bridgehead atoms. The van der Waals surface area contributed by atoms with E-state index in [2.05, 4.69) is 12.2 Å². The molecule has 1 aliphatic carbocycles. The van der Waals surface area contributed by atoms with Gasteiger partial charge in [-0.2, -0.15) is 4.31 Å². The Hall–Kier alpha value is -2.00. The summed E-state index contributed by atoms with van der Waals surface area (Å²) in [6.45, 7) is 5.49. The predicted molar refractivity (Wildman–Crippen MR) is 106 cm³/mol. The summed E-state index contributed by atoms with van der Waals surface area (Å²) in [5, 5.41) is 2.81. The van der Waals surface area contributed by atoms with Crippen LogP contribution in [0.1, 0.15) is 56.8 Å². The van der Waals surface area contributed by atoms with Gasteiger partial charge < -0.3 is 10.1 Å². The molecule has 0 spiro atoms. The number of nitrogens with one attached hydrogen (secondary N) is 1. The molecule has 9 heteroatoms. The van der Waals surface area contributed by atoms with Crippen molar-refractivity contribution < 1.29 is 27.1 Å². The highest BCUT2D eigenvalue weighted by molar-refractivity contribution is 7.89. The van der Waals surface area contributed by atoms with Gasteiger partial charge in [-0.15, -0.1) is 0 Å². The highest BCUT2D eigenvalue weighted by atomic mass is 32.2. The van der Waals surface area contributed by atoms with Gasteiger partial charge in [0.15, 0.2) is 6.61 Å². The van der Waals surface area contributed by atoms with Crippen LogP contribution in [0.5, 0.6) is 0 Å². The van der Waals surface area contributed by atoms with Gasteiger partial charge in [-0.1, -0.05) is 20.8 Å². The molecule has 2 rings (SSSR count). The van der Waals surface area contributed by atoms with E-state index in [0.717, 1.165) is 43.9 Å². The summed E-state index contributed by atoms with van der Waals surface area (Å²) in [4.78, 5) is 24.1. The third-order valence-corrected chi connectivity index (χ3v) is 7.26. The number of rotatable bonds is 8. The summed E-state index contributed by atoms with van der Waals surface area (Å²) < 4.78 is 45.4. The Morgan fingerprint density at radius 3 is 2.38 bits per heavy atom. The lowest BCUT2D eigenvalue weighted by atomic mass is 9.87. The molecule has 0 atom stereocenters. The zero-order valence-corrected chi connectivity index (χ0v) is 17.9. The van der Waals surface area contributed by atoms with Crippen LogP contribution >= 0.6 is 0 Å². The summed E-state index contributed by atoms with van der Waals surface area (Å²) in [5.74, 6) is -1.80. The number of sulfonamides is 1. The van der Waals surface area contributed by atoms with E-state index >= 15 is 0 Å². The van der Waals surface area contributed by atoms with Crippen LogP contribution in [0.25, 0.3) is 0 Å². The van der Waals surface area contributed by atoms with E-state index in [4.69, 9.17) is 4.74 Å². The first kappa shape index (κ1) is 23.3. The molecule has 29 heavy (non-hydrogen) atoms. The molecular formula is C20H29FN2O5S. The first-order valence-corrected chi connectivity index (χ1v) is 11.4. The molecule has 1 aromatic rings. The number of amides is 1. The maximum absolute atomic E-state index is 14.1. The Balaban J connectivity index is 2.02. The van der Waals surface area contributed by atoms with E-state index < -0.39 is 39.9 Å². The van der Waals surface area contributed by atoms with E-state index in [1.807, 2.05) is 0 Å². The monoisotopic (exact) mass is 428 g/mol. The van der Waals surface area contributed by atoms with Gasteiger partial charge in [-0.3, -0.25) is 4.79 Å². The van der Waals surface area contributed by atoms with Crippen molar-refractivity contribution in [3.05, 3.63) is 29.6 Å². The van der Waals surface area contributed by atoms with Crippen molar-refractivity contribution >= 4 is 21.9 Å². The topological polar surface area (TPSA) is 92.8 Å². The highest BCUT2D eigenvalue weighted by Crippen LogP contribution is 2.23. The second-order valence-electron chi connectivity index (χ2n) is 7.33. The number of ether oxygens (including phenoxy) is 1. The molecule has 1 aromatic carbocycles. The fourth-order valence-electron chi connectivity index (χ4n) is 3.42. The van der Waals surface area contributed by atoms with Crippen LogP contribution < -0.4 is 5.32 Å². The minimum absolute atomic E-state index is 0.0525. The average Bonchev–Trinajstić information content (AvgIpc) is 2.69. The molecule has 1 N–H and O–H groups in total. The summed E-state index contributed by atoms with van der Waals surface area (Å²) >= 11 is 0. The molecule has 0 saturated heterocycles. The van der Waals surface area contributed by atoms with Crippen molar-refractivity contribution in [1.82, 2.24) is 9.62 Å². The Kier molecular flexibility index (Phi) is 8.15. The van der Waals surface area contributed by atoms with E-state index in [1.54, 1.807) is 13.8 Å². The van der Waals surface area contributed by atoms with Crippen molar-refractivity contribution in [2.45, 2.75) is 57.4 Å². The molecule has 1 saturated carbocycles. The number of hydrogen-bond acceptors (Lipinski definition) is 5. The Morgan fingerprint density at radius 1 is 1.17 bits per heavy atom. The van der Waals surface area contributed by atoms with Gasteiger partial charge in [0.25, 0.3) is 5.91 Å². The van der Waals surface area contributed by atoms with Crippen LogP contribution in [0.4, 0.5) is 4.39 Å². The SMILES string of the molecule is CCN(CC)S(=O)(=O)c1ccc(F)c(C(=O)OCC(=O)NC2CCC(C)CC2)c1. The summed E-state index contributed by atoms with van der Waals surface area (Å²) in [5.41, 5.74) is -0.516. The van der Waals surface area contributed by atoms with Crippen LogP contribution in [-0.2, 0) is 19.6 Å². The number of esters is 1. The summed E-state index contributed by atoms with van der Waals surface area (Å²) in [6.07, 6.45) is 3.81. The van der Waals surface area contributed by atoms with Gasteiger partial charge in [0, 0.05) is 19.1 Å². The fraction of sp³-hybridized carbons (Fsp3) is 0.600. The number of nitrogens with zero attached hydrogens (tertiary/aromatic N) is 1. The molecule has 162 valence electrons. The molecule has 1 amide bonds. The zero-order valence-electron chi connectivity index (χ0n) is 17.1. The number of benzene rings is 1. The van der Waals surface area contributed by atoms with Crippen LogP contribution in [0.15, 0.2) is 23.1 Å². The minimum atomic E-state index is -3.85. The molecular weight excluding hydrogens is 399 g/mol. The number of hydrogen-bond donors (Lipinski definition) is 1. The maximum Gasteiger partial charge on any atom is 0.341 e. The molecule has 0 aliphatic heterocycles. The van der Waals surface area contributed by atoms with E-state index in [-0.39, 0.29) is 24.0 Å². The lowest BCUT2D eigenvalue weighted by Gasteiger charge is -2.26. The quantitative estimate of drug-likeness (QED) is 0.643. The van der Waals surface area contributed by atoms with Crippen molar-refractivity contribution in [3.63, 3.8) is 0 Å². The van der Waals surface area contributed by atoms with Crippen LogP contribution in [0.3, 0.4) is 0 Å². The number of carbonyl (C=O) groups is 2. The molecule has 7 nitrogen and oxygen atoms in total. The average molecular weight is 429 g/mol. The smallest absolute Gasteiger partial charge is 0.341 e. The molecule has 1 aliphatic rings. The first-order chi connectivity index (χ1) is 13.7. The molecule has 1 fully saturated rings. The van der Waals surface area contributed by atoms with Gasteiger partial charge in [0.2, 0.25) is 10.0 Å². The van der Waals surface area contributed by atoms with E-state index in [0.29, 0.717) is 5.92 Å². The first-order valence-electron chi connectivity index (χ1n) is 9.95. The standard InChI is InChI=1S/C20H29FN2O5S/c1-4-23(5-2)29(26,27)16-10-11-18(21)17(12-16)20(25)28-13-19(24)22-15-8-6-14(3)7-9-15/h10-12,14-15H,4-9,13H2,1-3H3,(H,22,24). The molecule has 0 radical (unpaired) electrons. The normalized spacial score (nSPS) is 19.8. The van der Waals surface area contributed by atoms with E-state index in [9.17, 15) is 22.4 Å². The lowest BCUT2D eigenvalue weighted by molar-refractivity contribution is -0.125. The van der Waals surface area contributed by atoms with Gasteiger partial charge >= 0.3 is 5.97 Å². The number of halogens is 1. The second-order valence-corrected chi connectivity index (χ2v) is 9.27.